The Morgan fingerprint density at radius 2 is 1.10 bits per heavy atom. The van der Waals surface area contributed by atoms with Crippen molar-refractivity contribution in [3.05, 3.63) is 158 Å². The molecule has 0 bridgehead atoms. The Balaban J connectivity index is 1.10. The molecule has 0 saturated heterocycles. The molecule has 0 atom stereocenters. The minimum Gasteiger partial charge on any atom is -0.456 e. The van der Waals surface area contributed by atoms with E-state index in [-0.39, 0.29) is 0 Å². The first-order chi connectivity index (χ1) is 25.3. The van der Waals surface area contributed by atoms with Gasteiger partial charge in [-0.2, -0.15) is 9.97 Å². The van der Waals surface area contributed by atoms with Crippen LogP contribution < -0.4 is 0 Å². The second kappa shape index (κ2) is 10.9. The van der Waals surface area contributed by atoms with Crippen molar-refractivity contribution >= 4 is 75.3 Å². The molecule has 0 radical (unpaired) electrons. The van der Waals surface area contributed by atoms with Crippen LogP contribution in [-0.4, -0.2) is 19.5 Å². The Hall–Kier alpha value is -6.63. The molecule has 4 heterocycles. The largest absolute Gasteiger partial charge is 0.456 e. The minimum absolute atomic E-state index is 0.569. The molecule has 0 N–H and O–H groups in total. The summed E-state index contributed by atoms with van der Waals surface area (Å²) in [5.41, 5.74) is 7.83. The van der Waals surface area contributed by atoms with Gasteiger partial charge in [-0.05, 0) is 59.7 Å². The van der Waals surface area contributed by atoms with Crippen LogP contribution in [0.5, 0.6) is 0 Å². The fourth-order valence-corrected chi connectivity index (χ4v) is 8.63. The Kier molecular flexibility index (Phi) is 6.05. The van der Waals surface area contributed by atoms with Crippen LogP contribution in [0.2, 0.25) is 0 Å². The standard InChI is InChI=1S/C45H26N4OS/c1-2-11-27(12-3-1)43-46-44(48-45(47-43)49-36-17-7-4-13-31(36)32-14-5-8-18-37(32)49)29-21-23-34-39(26-29)50-38-19-10-16-30(42(34)38)28-22-24-41-35(25-28)33-15-6-9-20-40(33)51-41/h1-26H. The molecule has 0 aliphatic rings. The van der Waals surface area contributed by atoms with Crippen LogP contribution in [0.4, 0.5) is 0 Å². The molecule has 51 heavy (non-hydrogen) atoms. The van der Waals surface area contributed by atoms with Crippen LogP contribution >= 0.6 is 11.3 Å². The second-order valence-electron chi connectivity index (χ2n) is 12.8. The highest BCUT2D eigenvalue weighted by molar-refractivity contribution is 7.25. The number of aromatic nitrogens is 4. The number of furan rings is 1. The van der Waals surface area contributed by atoms with Crippen LogP contribution in [0.25, 0.3) is 104 Å². The predicted octanol–water partition coefficient (Wildman–Crippen LogP) is 12.2. The predicted molar refractivity (Wildman–Crippen MR) is 211 cm³/mol. The van der Waals surface area contributed by atoms with Crippen molar-refractivity contribution in [3.8, 4) is 39.9 Å². The van der Waals surface area contributed by atoms with Gasteiger partial charge in [0.25, 0.3) is 0 Å². The van der Waals surface area contributed by atoms with Crippen LogP contribution in [0, 0.1) is 0 Å². The summed E-state index contributed by atoms with van der Waals surface area (Å²) in [7, 11) is 0. The summed E-state index contributed by atoms with van der Waals surface area (Å²) in [4.78, 5) is 15.3. The zero-order valence-corrected chi connectivity index (χ0v) is 27.9. The summed E-state index contributed by atoms with van der Waals surface area (Å²) >= 11 is 1.84. The third-order valence-corrected chi connectivity index (χ3v) is 11.0. The van der Waals surface area contributed by atoms with Gasteiger partial charge >= 0.3 is 0 Å². The minimum atomic E-state index is 0.569. The number of hydrogen-bond donors (Lipinski definition) is 0. The van der Waals surface area contributed by atoms with E-state index in [0.717, 1.165) is 60.4 Å². The number of hydrogen-bond acceptors (Lipinski definition) is 5. The Labute approximate surface area is 295 Å². The molecular weight excluding hydrogens is 645 g/mol. The first-order valence-corrected chi connectivity index (χ1v) is 17.8. The SMILES string of the molecule is c1ccc(-c2nc(-c3ccc4c(c3)oc3cccc(-c5ccc6sc7ccccc7c6c5)c34)nc(-n3c4ccccc4c4ccccc43)n2)cc1. The fourth-order valence-electron chi connectivity index (χ4n) is 7.55. The van der Waals surface area contributed by atoms with Gasteiger partial charge in [-0.3, -0.25) is 4.57 Å². The number of nitrogens with zero attached hydrogens (tertiary/aromatic N) is 4. The van der Waals surface area contributed by atoms with Gasteiger partial charge in [-0.1, -0.05) is 109 Å². The summed E-state index contributed by atoms with van der Waals surface area (Å²) in [6.07, 6.45) is 0. The lowest BCUT2D eigenvalue weighted by atomic mass is 9.97. The fraction of sp³-hybridized carbons (Fsp3) is 0. The first kappa shape index (κ1) is 28.2. The van der Waals surface area contributed by atoms with E-state index in [0.29, 0.717) is 17.6 Å². The van der Waals surface area contributed by atoms with Crippen LogP contribution in [0.15, 0.2) is 162 Å². The zero-order chi connectivity index (χ0) is 33.5. The topological polar surface area (TPSA) is 56.7 Å². The van der Waals surface area contributed by atoms with E-state index in [1.165, 1.54) is 25.7 Å². The number of para-hydroxylation sites is 2. The van der Waals surface area contributed by atoms with E-state index < -0.39 is 0 Å². The Morgan fingerprint density at radius 3 is 1.90 bits per heavy atom. The molecule has 238 valence electrons. The third kappa shape index (κ3) is 4.37. The normalized spacial score (nSPS) is 11.9. The summed E-state index contributed by atoms with van der Waals surface area (Å²) in [5, 5.41) is 7.04. The molecule has 0 saturated carbocycles. The third-order valence-electron chi connectivity index (χ3n) is 9.88. The van der Waals surface area contributed by atoms with Crippen LogP contribution in [0.3, 0.4) is 0 Å². The van der Waals surface area contributed by atoms with Gasteiger partial charge in [-0.15, -0.1) is 11.3 Å². The van der Waals surface area contributed by atoms with Gasteiger partial charge in [0.05, 0.1) is 11.0 Å². The van der Waals surface area contributed by atoms with E-state index in [1.807, 2.05) is 47.7 Å². The highest BCUT2D eigenvalue weighted by atomic mass is 32.1. The van der Waals surface area contributed by atoms with Gasteiger partial charge < -0.3 is 4.42 Å². The van der Waals surface area contributed by atoms with Gasteiger partial charge in [-0.25, -0.2) is 4.98 Å². The van der Waals surface area contributed by atoms with Crippen molar-refractivity contribution in [2.75, 3.05) is 0 Å². The van der Waals surface area contributed by atoms with E-state index in [2.05, 4.69) is 126 Å². The molecule has 4 aromatic heterocycles. The highest BCUT2D eigenvalue weighted by Gasteiger charge is 2.19. The van der Waals surface area contributed by atoms with E-state index in [1.54, 1.807) is 0 Å². The maximum Gasteiger partial charge on any atom is 0.238 e. The van der Waals surface area contributed by atoms with Crippen molar-refractivity contribution < 1.29 is 4.42 Å². The molecule has 0 fully saturated rings. The van der Waals surface area contributed by atoms with Gasteiger partial charge in [0.1, 0.15) is 11.2 Å². The average Bonchev–Trinajstić information content (AvgIpc) is 3.87. The molecule has 11 rings (SSSR count). The molecule has 7 aromatic carbocycles. The first-order valence-electron chi connectivity index (χ1n) is 16.9. The lowest BCUT2D eigenvalue weighted by molar-refractivity contribution is 0.669. The van der Waals surface area contributed by atoms with Crippen molar-refractivity contribution in [1.82, 2.24) is 19.5 Å². The number of fused-ring (bicyclic) bond motifs is 9. The maximum absolute atomic E-state index is 6.58. The molecular formula is C45H26N4OS. The lowest BCUT2D eigenvalue weighted by Gasteiger charge is -2.11. The van der Waals surface area contributed by atoms with Crippen molar-refractivity contribution in [3.63, 3.8) is 0 Å². The maximum atomic E-state index is 6.58. The van der Waals surface area contributed by atoms with Gasteiger partial charge in [0.15, 0.2) is 11.6 Å². The molecule has 0 aliphatic heterocycles. The molecule has 11 aromatic rings. The van der Waals surface area contributed by atoms with Crippen molar-refractivity contribution in [1.29, 1.82) is 0 Å². The second-order valence-corrected chi connectivity index (χ2v) is 13.9. The zero-order valence-electron chi connectivity index (χ0n) is 27.1. The summed E-state index contributed by atoms with van der Waals surface area (Å²) in [5.74, 6) is 1.76. The van der Waals surface area contributed by atoms with Crippen molar-refractivity contribution in [2.24, 2.45) is 0 Å². The smallest absolute Gasteiger partial charge is 0.238 e. The summed E-state index contributed by atoms with van der Waals surface area (Å²) < 4.78 is 11.3. The van der Waals surface area contributed by atoms with Crippen molar-refractivity contribution in [2.45, 2.75) is 0 Å². The van der Waals surface area contributed by atoms with E-state index in [4.69, 9.17) is 19.4 Å². The van der Waals surface area contributed by atoms with E-state index in [9.17, 15) is 0 Å². The number of benzene rings is 7. The lowest BCUT2D eigenvalue weighted by Crippen LogP contribution is -2.06. The monoisotopic (exact) mass is 670 g/mol. The van der Waals surface area contributed by atoms with Gasteiger partial charge in [0.2, 0.25) is 5.95 Å². The average molecular weight is 671 g/mol. The van der Waals surface area contributed by atoms with Crippen LogP contribution in [-0.2, 0) is 0 Å². The molecule has 5 nitrogen and oxygen atoms in total. The summed E-state index contributed by atoms with van der Waals surface area (Å²) in [6.45, 7) is 0. The Morgan fingerprint density at radius 1 is 0.431 bits per heavy atom. The van der Waals surface area contributed by atoms with Crippen LogP contribution in [0.1, 0.15) is 0 Å². The highest BCUT2D eigenvalue weighted by Crippen LogP contribution is 2.41. The molecule has 0 spiro atoms. The quantitative estimate of drug-likeness (QED) is 0.187. The van der Waals surface area contributed by atoms with Gasteiger partial charge in [0, 0.05) is 52.8 Å². The molecule has 0 unspecified atom stereocenters. The number of thiophene rings is 1. The van der Waals surface area contributed by atoms with E-state index >= 15 is 0 Å². The Bertz CT molecular complexity index is 3100. The number of rotatable bonds is 4. The molecule has 6 heteroatoms. The summed E-state index contributed by atoms with van der Waals surface area (Å²) in [6, 6.07) is 55.0. The molecule has 0 aliphatic carbocycles. The molecule has 0 amide bonds.